The third-order valence-electron chi connectivity index (χ3n) is 4.27. The summed E-state index contributed by atoms with van der Waals surface area (Å²) in [5, 5.41) is 0. The minimum Gasteiger partial charge on any atom is -0.497 e. The minimum absolute atomic E-state index is 0.0551. The van der Waals surface area contributed by atoms with E-state index in [0.717, 1.165) is 23.3 Å². The molecule has 0 amide bonds. The van der Waals surface area contributed by atoms with Gasteiger partial charge in [-0.3, -0.25) is 4.79 Å². The molecule has 150 valence electrons. The molecule has 0 aromatic carbocycles. The molecule has 4 heteroatoms. The van der Waals surface area contributed by atoms with Crippen molar-refractivity contribution in [1.82, 2.24) is 0 Å². The molecule has 0 aromatic heterocycles. The van der Waals surface area contributed by atoms with Crippen molar-refractivity contribution in [3.63, 3.8) is 0 Å². The van der Waals surface area contributed by atoms with Gasteiger partial charge in [0.1, 0.15) is 18.5 Å². The first-order valence-electron chi connectivity index (χ1n) is 9.97. The quantitative estimate of drug-likeness (QED) is 0.604. The van der Waals surface area contributed by atoms with Crippen LogP contribution in [0.4, 0.5) is 0 Å². The second-order valence-corrected chi connectivity index (χ2v) is 6.18. The molecule has 28 heavy (non-hydrogen) atoms. The standard InChI is InChI=1S/C22H24O4.C2H6/c1-2-3-4-5-6-8-18-15-24-12-7-9-17-10-11-21-22(26-16-25-21)14-19(17)13-20(18)23;1-2/h3-7,9-11,14-15,21H,2,8,12-13,16H2,1H3;1-2H3/b4-3-,6-5-,9-7-,18-15-;. The summed E-state index contributed by atoms with van der Waals surface area (Å²) in [6.07, 6.45) is 21.1. The van der Waals surface area contributed by atoms with Gasteiger partial charge in [0.25, 0.3) is 0 Å². The molecular weight excluding hydrogens is 352 g/mol. The van der Waals surface area contributed by atoms with Crippen LogP contribution >= 0.6 is 0 Å². The van der Waals surface area contributed by atoms with Crippen LogP contribution in [-0.2, 0) is 19.0 Å². The van der Waals surface area contributed by atoms with Crippen LogP contribution in [0, 0.1) is 0 Å². The van der Waals surface area contributed by atoms with Crippen LogP contribution < -0.4 is 0 Å². The Labute approximate surface area is 168 Å². The summed E-state index contributed by atoms with van der Waals surface area (Å²) in [5.41, 5.74) is 2.59. The van der Waals surface area contributed by atoms with E-state index >= 15 is 0 Å². The van der Waals surface area contributed by atoms with Gasteiger partial charge < -0.3 is 14.2 Å². The average molecular weight is 383 g/mol. The first kappa shape index (κ1) is 21.7. The van der Waals surface area contributed by atoms with E-state index in [1.54, 1.807) is 6.26 Å². The molecule has 2 aliphatic heterocycles. The van der Waals surface area contributed by atoms with E-state index in [9.17, 15) is 4.79 Å². The Morgan fingerprint density at radius 2 is 2.00 bits per heavy atom. The van der Waals surface area contributed by atoms with E-state index in [2.05, 4.69) is 13.0 Å². The summed E-state index contributed by atoms with van der Waals surface area (Å²) in [7, 11) is 0. The summed E-state index contributed by atoms with van der Waals surface area (Å²) >= 11 is 0. The van der Waals surface area contributed by atoms with E-state index < -0.39 is 0 Å². The topological polar surface area (TPSA) is 44.8 Å². The average Bonchev–Trinajstić information content (AvgIpc) is 3.09. The third-order valence-corrected chi connectivity index (χ3v) is 4.27. The summed E-state index contributed by atoms with van der Waals surface area (Å²) in [4.78, 5) is 12.8. The zero-order valence-corrected chi connectivity index (χ0v) is 17.0. The van der Waals surface area contributed by atoms with Gasteiger partial charge in [-0.25, -0.2) is 0 Å². The lowest BCUT2D eigenvalue weighted by molar-refractivity contribution is -0.115. The highest BCUT2D eigenvalue weighted by molar-refractivity contribution is 5.97. The van der Waals surface area contributed by atoms with Gasteiger partial charge in [0.15, 0.2) is 12.6 Å². The minimum atomic E-state index is -0.171. The molecule has 0 bridgehead atoms. The molecule has 1 aliphatic carbocycles. The van der Waals surface area contributed by atoms with Crippen molar-refractivity contribution in [3.8, 4) is 0 Å². The highest BCUT2D eigenvalue weighted by Gasteiger charge is 2.24. The predicted octanol–water partition coefficient (Wildman–Crippen LogP) is 5.48. The Kier molecular flexibility index (Phi) is 9.29. The summed E-state index contributed by atoms with van der Waals surface area (Å²) in [6.45, 7) is 6.76. The number of ketones is 1. The largest absolute Gasteiger partial charge is 0.497 e. The second kappa shape index (κ2) is 12.0. The number of carbonyl (C=O) groups excluding carboxylic acids is 1. The van der Waals surface area contributed by atoms with Gasteiger partial charge in [-0.1, -0.05) is 57.2 Å². The van der Waals surface area contributed by atoms with Crippen molar-refractivity contribution < 1.29 is 19.0 Å². The predicted molar refractivity (Wildman–Crippen MR) is 112 cm³/mol. The van der Waals surface area contributed by atoms with E-state index in [4.69, 9.17) is 14.2 Å². The van der Waals surface area contributed by atoms with Crippen molar-refractivity contribution in [3.05, 3.63) is 83.4 Å². The molecule has 0 aromatic rings. The van der Waals surface area contributed by atoms with E-state index in [1.165, 1.54) is 0 Å². The van der Waals surface area contributed by atoms with E-state index in [1.807, 2.05) is 62.5 Å². The number of Topliss-reactive ketones (excluding diaryl/α,β-unsaturated/α-hetero) is 1. The zero-order valence-electron chi connectivity index (χ0n) is 17.0. The van der Waals surface area contributed by atoms with E-state index in [0.29, 0.717) is 25.0 Å². The molecule has 3 rings (SSSR count). The number of rotatable bonds is 4. The van der Waals surface area contributed by atoms with Crippen molar-refractivity contribution in [1.29, 1.82) is 0 Å². The van der Waals surface area contributed by atoms with Crippen LogP contribution in [-0.4, -0.2) is 25.3 Å². The monoisotopic (exact) mass is 382 g/mol. The Balaban J connectivity index is 0.00000136. The Hall–Kier alpha value is -2.59. The molecule has 3 aliphatic rings. The molecule has 2 heterocycles. The highest BCUT2D eigenvalue weighted by Crippen LogP contribution is 2.28. The van der Waals surface area contributed by atoms with Crippen molar-refractivity contribution >= 4 is 5.78 Å². The maximum atomic E-state index is 12.8. The molecule has 0 radical (unpaired) electrons. The van der Waals surface area contributed by atoms with Crippen molar-refractivity contribution in [2.24, 2.45) is 0 Å². The molecular formula is C24H30O4. The zero-order chi connectivity index (χ0) is 20.2. The first-order valence-corrected chi connectivity index (χ1v) is 9.97. The van der Waals surface area contributed by atoms with Crippen LogP contribution in [0.1, 0.15) is 40.0 Å². The third kappa shape index (κ3) is 6.24. The highest BCUT2D eigenvalue weighted by atomic mass is 16.7. The SMILES string of the molecule is CC.CC/C=C\C=C/C/C1=C/OC/C=C\C2=C(C=C3OCOC3C=C2)CC1=O. The Bertz CT molecular complexity index is 745. The molecule has 0 saturated carbocycles. The van der Waals surface area contributed by atoms with Gasteiger partial charge in [-0.2, -0.15) is 0 Å². The Morgan fingerprint density at radius 1 is 1.18 bits per heavy atom. The molecule has 0 spiro atoms. The van der Waals surface area contributed by atoms with Crippen molar-refractivity contribution in [2.75, 3.05) is 13.4 Å². The smallest absolute Gasteiger partial charge is 0.189 e. The van der Waals surface area contributed by atoms with Crippen LogP contribution in [0.5, 0.6) is 0 Å². The normalized spacial score (nSPS) is 24.8. The number of allylic oxidation sites excluding steroid dienone is 10. The molecule has 1 atom stereocenters. The number of carbonyl (C=O) groups is 1. The number of hydrogen-bond acceptors (Lipinski definition) is 4. The number of hydrogen-bond donors (Lipinski definition) is 0. The molecule has 1 saturated heterocycles. The maximum absolute atomic E-state index is 12.8. The lowest BCUT2D eigenvalue weighted by Crippen LogP contribution is -2.07. The summed E-state index contributed by atoms with van der Waals surface area (Å²) < 4.78 is 16.6. The lowest BCUT2D eigenvalue weighted by atomic mass is 9.97. The van der Waals surface area contributed by atoms with Gasteiger partial charge in [0, 0.05) is 12.0 Å². The van der Waals surface area contributed by atoms with Gasteiger partial charge >= 0.3 is 0 Å². The number of ether oxygens (including phenoxy) is 3. The Morgan fingerprint density at radius 3 is 2.82 bits per heavy atom. The fourth-order valence-corrected chi connectivity index (χ4v) is 2.86. The van der Waals surface area contributed by atoms with Crippen molar-refractivity contribution in [2.45, 2.75) is 46.1 Å². The first-order chi connectivity index (χ1) is 13.8. The maximum Gasteiger partial charge on any atom is 0.189 e. The van der Waals surface area contributed by atoms with Gasteiger partial charge in [-0.15, -0.1) is 0 Å². The molecule has 4 nitrogen and oxygen atoms in total. The second-order valence-electron chi connectivity index (χ2n) is 6.18. The lowest BCUT2D eigenvalue weighted by Gasteiger charge is -2.10. The van der Waals surface area contributed by atoms with Crippen LogP contribution in [0.2, 0.25) is 0 Å². The molecule has 1 fully saturated rings. The molecule has 1 unspecified atom stereocenters. The van der Waals surface area contributed by atoms with Gasteiger partial charge in [0.05, 0.1) is 6.26 Å². The number of fused-ring (bicyclic) bond motifs is 1. The van der Waals surface area contributed by atoms with Gasteiger partial charge in [0.2, 0.25) is 0 Å². The van der Waals surface area contributed by atoms with Gasteiger partial charge in [-0.05, 0) is 42.2 Å². The van der Waals surface area contributed by atoms with Crippen LogP contribution in [0.25, 0.3) is 0 Å². The fourth-order valence-electron chi connectivity index (χ4n) is 2.86. The summed E-state index contributed by atoms with van der Waals surface area (Å²) in [6, 6.07) is 0. The van der Waals surface area contributed by atoms with Crippen LogP contribution in [0.15, 0.2) is 83.4 Å². The van der Waals surface area contributed by atoms with Crippen LogP contribution in [0.3, 0.4) is 0 Å². The summed E-state index contributed by atoms with van der Waals surface area (Å²) in [5.74, 6) is 0.815. The van der Waals surface area contributed by atoms with E-state index in [-0.39, 0.29) is 18.7 Å². The molecule has 0 N–H and O–H groups in total. The fraction of sp³-hybridized carbons (Fsp3) is 0.375.